The fraction of sp³-hybridized carbons (Fsp3) is 0.143. The van der Waals surface area contributed by atoms with Crippen LogP contribution in [0.5, 0.6) is 5.75 Å². The Hall–Kier alpha value is -0.970. The Morgan fingerprint density at radius 2 is 1.77 bits per heavy atom. The predicted octanol–water partition coefficient (Wildman–Crippen LogP) is 3.20. The number of aromatic hydroxyl groups is 1. The van der Waals surface area contributed by atoms with Gasteiger partial charge in [0.05, 0.1) is 10.6 Å². The van der Waals surface area contributed by atoms with Crippen molar-refractivity contribution in [2.45, 2.75) is 6.18 Å². The van der Waals surface area contributed by atoms with Gasteiger partial charge in [0.15, 0.2) is 11.6 Å². The van der Waals surface area contributed by atoms with E-state index >= 15 is 0 Å². The molecule has 1 N–H and O–H groups in total. The minimum absolute atomic E-state index is 0.279. The summed E-state index contributed by atoms with van der Waals surface area (Å²) < 4.78 is 48.5. The van der Waals surface area contributed by atoms with Crippen LogP contribution < -0.4 is 0 Å². The molecule has 1 rings (SSSR count). The van der Waals surface area contributed by atoms with E-state index in [9.17, 15) is 17.6 Å². The van der Waals surface area contributed by atoms with Crippen molar-refractivity contribution < 1.29 is 22.7 Å². The van der Waals surface area contributed by atoms with Crippen molar-refractivity contribution in [3.05, 3.63) is 28.5 Å². The highest BCUT2D eigenvalue weighted by molar-refractivity contribution is 6.30. The van der Waals surface area contributed by atoms with Crippen LogP contribution in [0.3, 0.4) is 0 Å². The minimum Gasteiger partial charge on any atom is -0.505 e. The minimum atomic E-state index is -4.64. The first kappa shape index (κ1) is 10.1. The number of rotatable bonds is 0. The molecule has 0 atom stereocenters. The molecule has 0 aromatic heterocycles. The zero-order chi connectivity index (χ0) is 10.2. The van der Waals surface area contributed by atoms with E-state index in [0.717, 1.165) is 0 Å². The number of phenols is 1. The molecule has 0 bridgehead atoms. The smallest absolute Gasteiger partial charge is 0.416 e. The maximum Gasteiger partial charge on any atom is 0.416 e. The van der Waals surface area contributed by atoms with Crippen molar-refractivity contribution in [2.24, 2.45) is 0 Å². The van der Waals surface area contributed by atoms with Gasteiger partial charge in [-0.1, -0.05) is 11.6 Å². The standard InChI is InChI=1S/C7H3ClF4O/c8-4-1-3(7(10,11)12)2-5(13)6(4)9/h1-2,13H. The summed E-state index contributed by atoms with van der Waals surface area (Å²) in [5.74, 6) is -2.37. The lowest BCUT2D eigenvalue weighted by atomic mass is 10.2. The largest absolute Gasteiger partial charge is 0.505 e. The van der Waals surface area contributed by atoms with E-state index in [2.05, 4.69) is 0 Å². The third-order valence-electron chi connectivity index (χ3n) is 1.34. The Balaban J connectivity index is 3.29. The van der Waals surface area contributed by atoms with Crippen molar-refractivity contribution in [1.82, 2.24) is 0 Å². The highest BCUT2D eigenvalue weighted by Gasteiger charge is 2.32. The summed E-state index contributed by atoms with van der Waals surface area (Å²) in [6.45, 7) is 0. The molecule has 0 amide bonds. The summed E-state index contributed by atoms with van der Waals surface area (Å²) in [7, 11) is 0. The Morgan fingerprint density at radius 3 is 2.15 bits per heavy atom. The molecule has 13 heavy (non-hydrogen) atoms. The van der Waals surface area contributed by atoms with Gasteiger partial charge in [0.25, 0.3) is 0 Å². The third kappa shape index (κ3) is 2.03. The van der Waals surface area contributed by atoms with Gasteiger partial charge >= 0.3 is 6.18 Å². The summed E-state index contributed by atoms with van der Waals surface area (Å²) >= 11 is 5.09. The van der Waals surface area contributed by atoms with Crippen LogP contribution in [0.2, 0.25) is 5.02 Å². The molecule has 6 heteroatoms. The monoisotopic (exact) mass is 214 g/mol. The van der Waals surface area contributed by atoms with Crippen LogP contribution in [-0.4, -0.2) is 5.11 Å². The number of hydrogen-bond acceptors (Lipinski definition) is 1. The van der Waals surface area contributed by atoms with Crippen LogP contribution >= 0.6 is 11.6 Å². The molecule has 0 heterocycles. The molecular weight excluding hydrogens is 212 g/mol. The first-order chi connectivity index (χ1) is 5.82. The Bertz CT molecular complexity index is 311. The molecule has 0 saturated carbocycles. The molecule has 0 fully saturated rings. The fourth-order valence-electron chi connectivity index (χ4n) is 0.738. The molecular formula is C7H3ClF4O. The van der Waals surface area contributed by atoms with Crippen LogP contribution in [0, 0.1) is 5.82 Å². The van der Waals surface area contributed by atoms with E-state index < -0.39 is 28.3 Å². The van der Waals surface area contributed by atoms with Gasteiger partial charge in [-0.25, -0.2) is 4.39 Å². The van der Waals surface area contributed by atoms with Gasteiger partial charge in [-0.2, -0.15) is 13.2 Å². The van der Waals surface area contributed by atoms with Gasteiger partial charge in [0.2, 0.25) is 0 Å². The third-order valence-corrected chi connectivity index (χ3v) is 1.61. The highest BCUT2D eigenvalue weighted by atomic mass is 35.5. The summed E-state index contributed by atoms with van der Waals surface area (Å²) in [6.07, 6.45) is -4.64. The molecule has 1 nitrogen and oxygen atoms in total. The summed E-state index contributed by atoms with van der Waals surface area (Å²) in [5.41, 5.74) is -1.18. The van der Waals surface area contributed by atoms with Gasteiger partial charge in [0, 0.05) is 0 Å². The Labute approximate surface area is 75.6 Å². The normalized spacial score (nSPS) is 11.8. The highest BCUT2D eigenvalue weighted by Crippen LogP contribution is 2.35. The van der Waals surface area contributed by atoms with Crippen molar-refractivity contribution in [2.75, 3.05) is 0 Å². The first-order valence-corrected chi connectivity index (χ1v) is 3.45. The lowest BCUT2D eigenvalue weighted by molar-refractivity contribution is -0.137. The molecule has 72 valence electrons. The Morgan fingerprint density at radius 1 is 1.23 bits per heavy atom. The summed E-state index contributed by atoms with van der Waals surface area (Å²) in [5, 5.41) is 7.93. The van der Waals surface area contributed by atoms with Crippen LogP contribution in [0.4, 0.5) is 17.6 Å². The maximum atomic E-state index is 12.5. The lowest BCUT2D eigenvalue weighted by Gasteiger charge is -2.07. The van der Waals surface area contributed by atoms with Crippen molar-refractivity contribution in [1.29, 1.82) is 0 Å². The van der Waals surface area contributed by atoms with Crippen LogP contribution in [0.25, 0.3) is 0 Å². The predicted molar refractivity (Wildman–Crippen MR) is 38.1 cm³/mol. The second kappa shape index (κ2) is 3.06. The van der Waals surface area contributed by atoms with Crippen molar-refractivity contribution >= 4 is 11.6 Å². The van der Waals surface area contributed by atoms with E-state index in [1.165, 1.54) is 0 Å². The maximum absolute atomic E-state index is 12.5. The molecule has 0 aliphatic heterocycles. The number of alkyl halides is 3. The lowest BCUT2D eigenvalue weighted by Crippen LogP contribution is -2.04. The fourth-order valence-corrected chi connectivity index (χ4v) is 0.953. The van der Waals surface area contributed by atoms with Crippen molar-refractivity contribution in [3.63, 3.8) is 0 Å². The average molecular weight is 215 g/mol. The van der Waals surface area contributed by atoms with Crippen LogP contribution in [-0.2, 0) is 6.18 Å². The number of phenolic OH excluding ortho intramolecular Hbond substituents is 1. The van der Waals surface area contributed by atoms with Gasteiger partial charge < -0.3 is 5.11 Å². The SMILES string of the molecule is Oc1cc(C(F)(F)F)cc(Cl)c1F. The van der Waals surface area contributed by atoms with E-state index in [4.69, 9.17) is 16.7 Å². The van der Waals surface area contributed by atoms with Gasteiger partial charge in [-0.15, -0.1) is 0 Å². The van der Waals surface area contributed by atoms with Gasteiger partial charge in [0.1, 0.15) is 0 Å². The summed E-state index contributed by atoms with van der Waals surface area (Å²) in [6, 6.07) is 0.692. The van der Waals surface area contributed by atoms with E-state index in [1.807, 2.05) is 0 Å². The van der Waals surface area contributed by atoms with Crippen LogP contribution in [0.15, 0.2) is 12.1 Å². The molecule has 1 aromatic carbocycles. The topological polar surface area (TPSA) is 20.2 Å². The quantitative estimate of drug-likeness (QED) is 0.658. The molecule has 0 saturated heterocycles. The Kier molecular flexibility index (Phi) is 2.38. The molecule has 0 radical (unpaired) electrons. The summed E-state index contributed by atoms with van der Waals surface area (Å²) in [4.78, 5) is 0. The van der Waals surface area contributed by atoms with E-state index in [-0.39, 0.29) is 6.07 Å². The zero-order valence-corrected chi connectivity index (χ0v) is 6.75. The molecule has 0 spiro atoms. The van der Waals surface area contributed by atoms with Gasteiger partial charge in [-0.3, -0.25) is 0 Å². The average Bonchev–Trinajstić information content (AvgIpc) is 1.97. The number of halogens is 5. The number of benzene rings is 1. The molecule has 1 aromatic rings. The second-order valence-electron chi connectivity index (χ2n) is 2.29. The van der Waals surface area contributed by atoms with Crippen LogP contribution in [0.1, 0.15) is 5.56 Å². The second-order valence-corrected chi connectivity index (χ2v) is 2.70. The van der Waals surface area contributed by atoms with Crippen molar-refractivity contribution in [3.8, 4) is 5.75 Å². The van der Waals surface area contributed by atoms with E-state index in [0.29, 0.717) is 6.07 Å². The molecule has 0 aliphatic carbocycles. The first-order valence-electron chi connectivity index (χ1n) is 3.07. The number of hydrogen-bond donors (Lipinski definition) is 1. The molecule has 0 aliphatic rings. The van der Waals surface area contributed by atoms with E-state index in [1.54, 1.807) is 0 Å². The molecule has 0 unspecified atom stereocenters. The van der Waals surface area contributed by atoms with Gasteiger partial charge in [-0.05, 0) is 12.1 Å². The zero-order valence-electron chi connectivity index (χ0n) is 5.99.